The maximum absolute atomic E-state index is 11.8. The number of nitro groups is 1. The predicted octanol–water partition coefficient (Wildman–Crippen LogP) is -0.0440. The summed E-state index contributed by atoms with van der Waals surface area (Å²) in [5.41, 5.74) is -0.182. The highest BCUT2D eigenvalue weighted by Crippen LogP contribution is 2.12. The Bertz CT molecular complexity index is 599. The average molecular weight is 309 g/mol. The van der Waals surface area contributed by atoms with Crippen molar-refractivity contribution in [1.82, 2.24) is 10.2 Å². The number of nitrogens with zero attached hydrogens (tertiary/aromatic N) is 2. The van der Waals surface area contributed by atoms with E-state index in [1.165, 1.54) is 37.2 Å². The van der Waals surface area contributed by atoms with Gasteiger partial charge in [-0.3, -0.25) is 24.5 Å². The number of carbonyl (C=O) groups excluding carboxylic acids is 3. The zero-order valence-corrected chi connectivity index (χ0v) is 12.1. The predicted molar refractivity (Wildman–Crippen MR) is 75.1 cm³/mol. The van der Waals surface area contributed by atoms with E-state index in [4.69, 9.17) is 0 Å². The van der Waals surface area contributed by atoms with Crippen molar-refractivity contribution in [2.24, 2.45) is 0 Å². The van der Waals surface area contributed by atoms with Crippen LogP contribution in [0.25, 0.3) is 0 Å². The molecule has 0 atom stereocenters. The van der Waals surface area contributed by atoms with Crippen molar-refractivity contribution in [3.63, 3.8) is 0 Å². The van der Waals surface area contributed by atoms with Crippen LogP contribution in [0, 0.1) is 10.1 Å². The summed E-state index contributed by atoms with van der Waals surface area (Å²) in [6, 6.07) is 5.08. The van der Waals surface area contributed by atoms with Gasteiger partial charge in [-0.05, 0) is 6.07 Å². The second kappa shape index (κ2) is 7.72. The first-order valence-electron chi connectivity index (χ1n) is 6.19. The first-order valence-corrected chi connectivity index (χ1v) is 6.19. The highest BCUT2D eigenvalue weighted by molar-refractivity contribution is 5.96. The van der Waals surface area contributed by atoms with Gasteiger partial charge in [-0.25, -0.2) is 0 Å². The molecule has 1 aromatic rings. The summed E-state index contributed by atoms with van der Waals surface area (Å²) in [6.07, 6.45) is 0. The van der Waals surface area contributed by atoms with Crippen molar-refractivity contribution in [2.45, 2.75) is 0 Å². The molecule has 22 heavy (non-hydrogen) atoms. The Morgan fingerprint density at radius 3 is 2.59 bits per heavy atom. The normalized spacial score (nSPS) is 9.73. The van der Waals surface area contributed by atoms with Crippen LogP contribution in [-0.2, 0) is 14.3 Å². The Labute approximate surface area is 126 Å². The van der Waals surface area contributed by atoms with Gasteiger partial charge in [0.2, 0.25) is 0 Å². The number of benzene rings is 1. The molecular weight excluding hydrogens is 294 g/mol. The number of carbonyl (C=O) groups is 3. The van der Waals surface area contributed by atoms with E-state index in [-0.39, 0.29) is 11.3 Å². The molecule has 0 aromatic heterocycles. The van der Waals surface area contributed by atoms with E-state index < -0.39 is 35.9 Å². The van der Waals surface area contributed by atoms with Crippen molar-refractivity contribution in [3.05, 3.63) is 39.9 Å². The number of esters is 1. The highest BCUT2D eigenvalue weighted by Gasteiger charge is 2.14. The Morgan fingerprint density at radius 2 is 2.00 bits per heavy atom. The summed E-state index contributed by atoms with van der Waals surface area (Å²) in [4.78, 5) is 45.6. The summed E-state index contributed by atoms with van der Waals surface area (Å²) in [5.74, 6) is -1.83. The van der Waals surface area contributed by atoms with Gasteiger partial charge < -0.3 is 15.0 Å². The molecule has 0 bridgehead atoms. The van der Waals surface area contributed by atoms with Crippen LogP contribution in [0.4, 0.5) is 5.69 Å². The Hall–Kier alpha value is -2.97. The molecule has 0 heterocycles. The lowest BCUT2D eigenvalue weighted by Crippen LogP contribution is -2.33. The van der Waals surface area contributed by atoms with Gasteiger partial charge >= 0.3 is 5.97 Å². The number of non-ortho nitro benzene ring substituents is 1. The summed E-state index contributed by atoms with van der Waals surface area (Å²) < 4.78 is 4.66. The van der Waals surface area contributed by atoms with E-state index in [1.807, 2.05) is 0 Å². The molecule has 2 amide bonds. The van der Waals surface area contributed by atoms with Crippen molar-refractivity contribution >= 4 is 23.5 Å². The zero-order valence-electron chi connectivity index (χ0n) is 12.1. The standard InChI is InChI=1S/C13H15N3O6/c1-15(2)11(17)8-22-12(18)7-14-13(19)9-4-3-5-10(6-9)16(20)21/h3-6H,7-8H2,1-2H3,(H,14,19). The second-order valence-electron chi connectivity index (χ2n) is 4.44. The first kappa shape index (κ1) is 17.1. The maximum Gasteiger partial charge on any atom is 0.325 e. The van der Waals surface area contributed by atoms with Gasteiger partial charge in [0.1, 0.15) is 6.54 Å². The molecule has 0 fully saturated rings. The van der Waals surface area contributed by atoms with E-state index in [2.05, 4.69) is 10.1 Å². The smallest absolute Gasteiger partial charge is 0.325 e. The average Bonchev–Trinajstić information content (AvgIpc) is 2.50. The van der Waals surface area contributed by atoms with Gasteiger partial charge in [-0.1, -0.05) is 6.07 Å². The fourth-order valence-corrected chi connectivity index (χ4v) is 1.34. The van der Waals surface area contributed by atoms with Gasteiger partial charge in [0.25, 0.3) is 17.5 Å². The van der Waals surface area contributed by atoms with E-state index >= 15 is 0 Å². The fourth-order valence-electron chi connectivity index (χ4n) is 1.34. The van der Waals surface area contributed by atoms with Crippen LogP contribution in [0.3, 0.4) is 0 Å². The molecular formula is C13H15N3O6. The lowest BCUT2D eigenvalue weighted by atomic mass is 10.2. The topological polar surface area (TPSA) is 119 Å². The number of amides is 2. The van der Waals surface area contributed by atoms with Crippen LogP contribution < -0.4 is 5.32 Å². The molecule has 1 N–H and O–H groups in total. The molecule has 0 saturated carbocycles. The fraction of sp³-hybridized carbons (Fsp3) is 0.308. The minimum absolute atomic E-state index is 0.0476. The van der Waals surface area contributed by atoms with E-state index in [9.17, 15) is 24.5 Å². The molecule has 118 valence electrons. The van der Waals surface area contributed by atoms with Gasteiger partial charge in [0.15, 0.2) is 6.61 Å². The molecule has 0 radical (unpaired) electrons. The Morgan fingerprint density at radius 1 is 1.32 bits per heavy atom. The number of hydrogen-bond donors (Lipinski definition) is 1. The number of nitro benzene ring substituents is 1. The minimum atomic E-state index is -0.783. The van der Waals surface area contributed by atoms with Crippen LogP contribution in [0.2, 0.25) is 0 Å². The Kier molecular flexibility index (Phi) is 5.99. The van der Waals surface area contributed by atoms with Crippen molar-refractivity contribution in [1.29, 1.82) is 0 Å². The highest BCUT2D eigenvalue weighted by atomic mass is 16.6. The quantitative estimate of drug-likeness (QED) is 0.447. The number of likely N-dealkylation sites (N-methyl/N-ethyl adjacent to an activating group) is 1. The Balaban J connectivity index is 2.49. The summed E-state index contributed by atoms with van der Waals surface area (Å²) >= 11 is 0. The van der Waals surface area contributed by atoms with Gasteiger partial charge in [-0.15, -0.1) is 0 Å². The third-order valence-corrected chi connectivity index (χ3v) is 2.57. The van der Waals surface area contributed by atoms with Crippen molar-refractivity contribution in [2.75, 3.05) is 27.2 Å². The van der Waals surface area contributed by atoms with Crippen LogP contribution in [-0.4, -0.2) is 54.9 Å². The van der Waals surface area contributed by atoms with Crippen LogP contribution in [0.15, 0.2) is 24.3 Å². The molecule has 1 rings (SSSR count). The largest absolute Gasteiger partial charge is 0.454 e. The number of ether oxygens (including phenoxy) is 1. The molecule has 0 aliphatic rings. The van der Waals surface area contributed by atoms with Crippen molar-refractivity contribution in [3.8, 4) is 0 Å². The number of nitrogens with one attached hydrogen (secondary N) is 1. The molecule has 9 heteroatoms. The minimum Gasteiger partial charge on any atom is -0.454 e. The summed E-state index contributed by atoms with van der Waals surface area (Å²) in [6.45, 7) is -0.860. The van der Waals surface area contributed by atoms with E-state index in [0.717, 1.165) is 6.07 Å². The van der Waals surface area contributed by atoms with Gasteiger partial charge in [-0.2, -0.15) is 0 Å². The molecule has 0 unspecified atom stereocenters. The second-order valence-corrected chi connectivity index (χ2v) is 4.44. The van der Waals surface area contributed by atoms with Crippen LogP contribution >= 0.6 is 0 Å². The van der Waals surface area contributed by atoms with Crippen LogP contribution in [0.1, 0.15) is 10.4 Å². The molecule has 9 nitrogen and oxygen atoms in total. The lowest BCUT2D eigenvalue weighted by molar-refractivity contribution is -0.384. The zero-order chi connectivity index (χ0) is 16.7. The molecule has 1 aromatic carbocycles. The maximum atomic E-state index is 11.8. The lowest BCUT2D eigenvalue weighted by Gasteiger charge is -2.10. The number of hydrogen-bond acceptors (Lipinski definition) is 6. The third kappa shape index (κ3) is 5.19. The SMILES string of the molecule is CN(C)C(=O)COC(=O)CNC(=O)c1cccc([N+](=O)[O-])c1. The monoisotopic (exact) mass is 309 g/mol. The van der Waals surface area contributed by atoms with E-state index in [0.29, 0.717) is 0 Å². The van der Waals surface area contributed by atoms with Crippen LogP contribution in [0.5, 0.6) is 0 Å². The number of rotatable bonds is 6. The van der Waals surface area contributed by atoms with Crippen molar-refractivity contribution < 1.29 is 24.0 Å². The van der Waals surface area contributed by atoms with Gasteiger partial charge in [0.05, 0.1) is 4.92 Å². The first-order chi connectivity index (χ1) is 10.3. The molecule has 0 spiro atoms. The third-order valence-electron chi connectivity index (χ3n) is 2.57. The molecule has 0 aliphatic carbocycles. The van der Waals surface area contributed by atoms with Gasteiger partial charge in [0, 0.05) is 31.8 Å². The molecule has 0 aliphatic heterocycles. The summed E-state index contributed by atoms with van der Waals surface area (Å²) in [5, 5.41) is 12.9. The van der Waals surface area contributed by atoms with E-state index in [1.54, 1.807) is 0 Å². The summed E-state index contributed by atoms with van der Waals surface area (Å²) in [7, 11) is 3.03. The molecule has 0 saturated heterocycles.